The molecule has 1 aliphatic carbocycles. The molecule has 0 N–H and O–H groups in total. The second kappa shape index (κ2) is 15.5. The average Bonchev–Trinajstić information content (AvgIpc) is 3.17. The molecule has 5 aromatic carbocycles. The van der Waals surface area contributed by atoms with Crippen LogP contribution in [-0.2, 0) is 12.8 Å². The zero-order chi connectivity index (χ0) is 32.4. The minimum Gasteiger partial charge on any atom is -0.256 e. The van der Waals surface area contributed by atoms with E-state index in [1.165, 1.54) is 82.2 Å². The Balaban J connectivity index is 0.992. The Bertz CT molecular complexity index is 2000. The van der Waals surface area contributed by atoms with Crippen LogP contribution in [-0.4, -0.2) is 4.98 Å². The summed E-state index contributed by atoms with van der Waals surface area (Å²) in [5.41, 5.74) is 14.1. The van der Waals surface area contributed by atoms with Crippen molar-refractivity contribution in [2.75, 3.05) is 0 Å². The number of aromatic nitrogens is 1. The van der Waals surface area contributed by atoms with E-state index >= 15 is 0 Å². The van der Waals surface area contributed by atoms with Crippen LogP contribution in [0.4, 0.5) is 0 Å². The molecule has 1 atom stereocenters. The lowest BCUT2D eigenvalue weighted by Crippen LogP contribution is -2.02. The van der Waals surface area contributed by atoms with E-state index in [4.69, 9.17) is 0 Å². The molecule has 1 heteroatoms. The number of nitrogens with zero attached hydrogens (tertiary/aromatic N) is 1. The van der Waals surface area contributed by atoms with E-state index in [0.717, 1.165) is 24.1 Å². The average molecular weight is 622 g/mol. The SMILES string of the molecule is C1=CC(c2cccc(CCCCCCc3ccccc3)c2)CC(c2cccc(-c3cccc(-c4cccc(-c5ccccn5)c4)c3)c2)=C1. The van der Waals surface area contributed by atoms with Crippen molar-refractivity contribution >= 4 is 5.57 Å². The Hall–Kier alpha value is -5.27. The summed E-state index contributed by atoms with van der Waals surface area (Å²) in [5, 5.41) is 0. The molecule has 1 heterocycles. The fourth-order valence-electron chi connectivity index (χ4n) is 6.93. The van der Waals surface area contributed by atoms with Gasteiger partial charge in [-0.2, -0.15) is 0 Å². The number of hydrogen-bond donors (Lipinski definition) is 0. The topological polar surface area (TPSA) is 12.9 Å². The summed E-state index contributed by atoms with van der Waals surface area (Å²) in [4.78, 5) is 4.55. The fourth-order valence-corrected chi connectivity index (χ4v) is 6.93. The van der Waals surface area contributed by atoms with Crippen molar-refractivity contribution in [3.63, 3.8) is 0 Å². The highest BCUT2D eigenvalue weighted by Crippen LogP contribution is 2.36. The molecule has 1 nitrogen and oxygen atoms in total. The molecule has 0 radical (unpaired) electrons. The van der Waals surface area contributed by atoms with Gasteiger partial charge >= 0.3 is 0 Å². The van der Waals surface area contributed by atoms with Crippen LogP contribution in [0.5, 0.6) is 0 Å². The van der Waals surface area contributed by atoms with Crippen molar-refractivity contribution in [1.82, 2.24) is 4.98 Å². The van der Waals surface area contributed by atoms with Gasteiger partial charge in [0.05, 0.1) is 5.69 Å². The van der Waals surface area contributed by atoms with Gasteiger partial charge in [0.1, 0.15) is 0 Å². The number of aryl methyl sites for hydroxylation is 2. The maximum Gasteiger partial charge on any atom is 0.0702 e. The first-order valence-corrected chi connectivity index (χ1v) is 17.5. The van der Waals surface area contributed by atoms with E-state index in [-0.39, 0.29) is 0 Å². The molecular formula is C47H43N. The molecule has 236 valence electrons. The zero-order valence-electron chi connectivity index (χ0n) is 27.6. The quantitative estimate of drug-likeness (QED) is 0.124. The van der Waals surface area contributed by atoms with Crippen LogP contribution in [0.25, 0.3) is 39.1 Å². The van der Waals surface area contributed by atoms with Gasteiger partial charge in [0, 0.05) is 17.7 Å². The van der Waals surface area contributed by atoms with Crippen molar-refractivity contribution < 1.29 is 0 Å². The Kier molecular flexibility index (Phi) is 10.1. The molecule has 1 unspecified atom stereocenters. The largest absolute Gasteiger partial charge is 0.256 e. The summed E-state index contributed by atoms with van der Waals surface area (Å²) in [6.07, 6.45) is 17.3. The van der Waals surface area contributed by atoms with Gasteiger partial charge in [-0.05, 0) is 113 Å². The van der Waals surface area contributed by atoms with Gasteiger partial charge in [-0.15, -0.1) is 0 Å². The molecule has 7 rings (SSSR count). The van der Waals surface area contributed by atoms with Gasteiger partial charge in [-0.25, -0.2) is 0 Å². The molecule has 1 aliphatic rings. The second-order valence-electron chi connectivity index (χ2n) is 13.0. The van der Waals surface area contributed by atoms with Crippen LogP contribution in [0.15, 0.2) is 170 Å². The van der Waals surface area contributed by atoms with E-state index in [0.29, 0.717) is 5.92 Å². The first-order chi connectivity index (χ1) is 23.8. The van der Waals surface area contributed by atoms with Crippen LogP contribution in [0.3, 0.4) is 0 Å². The van der Waals surface area contributed by atoms with E-state index in [1.54, 1.807) is 0 Å². The standard InChI is InChI=1S/C47H43N/c1(4-15-36-16-6-3-7-17-36)2-5-18-37-19-10-20-38(31-37)39-21-11-22-40(32-39)41-23-12-24-42(33-41)43-25-13-26-44(34-43)45-27-14-28-46(35-45)47-29-8-9-30-48-47/h3,6-14,16-17,19-31,33-35,39H,1-2,4-5,15,18,32H2. The van der Waals surface area contributed by atoms with E-state index < -0.39 is 0 Å². The number of allylic oxidation sites excluding steroid dienone is 4. The van der Waals surface area contributed by atoms with Gasteiger partial charge in [0.15, 0.2) is 0 Å². The van der Waals surface area contributed by atoms with Crippen LogP contribution in [0, 0.1) is 0 Å². The summed E-state index contributed by atoms with van der Waals surface area (Å²) >= 11 is 0. The molecule has 0 fully saturated rings. The summed E-state index contributed by atoms with van der Waals surface area (Å²) in [5.74, 6) is 0.397. The minimum absolute atomic E-state index is 0.397. The molecular weight excluding hydrogens is 579 g/mol. The van der Waals surface area contributed by atoms with Gasteiger partial charge in [-0.3, -0.25) is 4.98 Å². The number of pyridine rings is 1. The van der Waals surface area contributed by atoms with Crippen molar-refractivity contribution in [1.29, 1.82) is 0 Å². The van der Waals surface area contributed by atoms with E-state index in [9.17, 15) is 0 Å². The summed E-state index contributed by atoms with van der Waals surface area (Å²) in [6, 6.07) is 52.9. The van der Waals surface area contributed by atoms with Crippen LogP contribution < -0.4 is 0 Å². The van der Waals surface area contributed by atoms with Gasteiger partial charge in [-0.1, -0.05) is 146 Å². The molecule has 0 saturated heterocycles. The summed E-state index contributed by atoms with van der Waals surface area (Å²) in [7, 11) is 0. The maximum absolute atomic E-state index is 4.55. The van der Waals surface area contributed by atoms with Crippen molar-refractivity contribution in [3.05, 3.63) is 192 Å². The number of hydrogen-bond acceptors (Lipinski definition) is 1. The first kappa shape index (κ1) is 31.3. The smallest absolute Gasteiger partial charge is 0.0702 e. The second-order valence-corrected chi connectivity index (χ2v) is 13.0. The highest BCUT2D eigenvalue weighted by Gasteiger charge is 2.16. The summed E-state index contributed by atoms with van der Waals surface area (Å²) < 4.78 is 0. The van der Waals surface area contributed by atoms with E-state index in [1.807, 2.05) is 18.3 Å². The number of rotatable bonds is 12. The number of benzene rings is 5. The Morgan fingerprint density at radius 2 is 1.06 bits per heavy atom. The molecule has 1 aromatic heterocycles. The predicted molar refractivity (Wildman–Crippen MR) is 204 cm³/mol. The van der Waals surface area contributed by atoms with Crippen molar-refractivity contribution in [2.45, 2.75) is 50.9 Å². The highest BCUT2D eigenvalue weighted by atomic mass is 14.7. The van der Waals surface area contributed by atoms with Crippen molar-refractivity contribution in [2.24, 2.45) is 0 Å². The minimum atomic E-state index is 0.397. The first-order valence-electron chi connectivity index (χ1n) is 17.5. The third kappa shape index (κ3) is 7.99. The fraction of sp³-hybridized carbons (Fsp3) is 0.170. The normalized spacial score (nSPS) is 14.1. The van der Waals surface area contributed by atoms with Crippen molar-refractivity contribution in [3.8, 4) is 33.5 Å². The lowest BCUT2D eigenvalue weighted by Gasteiger charge is -2.20. The Labute approximate surface area is 286 Å². The van der Waals surface area contributed by atoms with Gasteiger partial charge in [0.25, 0.3) is 0 Å². The lowest BCUT2D eigenvalue weighted by molar-refractivity contribution is 0.640. The maximum atomic E-state index is 4.55. The molecule has 0 bridgehead atoms. The molecule has 48 heavy (non-hydrogen) atoms. The molecule has 0 aliphatic heterocycles. The van der Waals surface area contributed by atoms with Gasteiger partial charge in [0.2, 0.25) is 0 Å². The van der Waals surface area contributed by atoms with Gasteiger partial charge < -0.3 is 0 Å². The Morgan fingerprint density at radius 1 is 0.479 bits per heavy atom. The molecule has 0 amide bonds. The van der Waals surface area contributed by atoms with Crippen LogP contribution in [0.1, 0.15) is 60.3 Å². The third-order valence-electron chi connectivity index (χ3n) is 9.57. The summed E-state index contributed by atoms with van der Waals surface area (Å²) in [6.45, 7) is 0. The molecule has 0 saturated carbocycles. The van der Waals surface area contributed by atoms with E-state index in [2.05, 4.69) is 157 Å². The number of unbranched alkanes of at least 4 members (excludes halogenated alkanes) is 3. The third-order valence-corrected chi connectivity index (χ3v) is 9.57. The molecule has 0 spiro atoms. The van der Waals surface area contributed by atoms with Crippen LogP contribution in [0.2, 0.25) is 0 Å². The zero-order valence-corrected chi connectivity index (χ0v) is 27.6. The predicted octanol–water partition coefficient (Wildman–Crippen LogP) is 12.6. The lowest BCUT2D eigenvalue weighted by atomic mass is 9.84. The Morgan fingerprint density at radius 3 is 1.77 bits per heavy atom. The highest BCUT2D eigenvalue weighted by molar-refractivity contribution is 5.79. The molecule has 6 aromatic rings. The van der Waals surface area contributed by atoms with Crippen LogP contribution >= 0.6 is 0 Å². The monoisotopic (exact) mass is 621 g/mol.